The summed E-state index contributed by atoms with van der Waals surface area (Å²) in [5.41, 5.74) is 0. The van der Waals surface area contributed by atoms with Crippen molar-refractivity contribution in [2.24, 2.45) is 0 Å². The summed E-state index contributed by atoms with van der Waals surface area (Å²) in [6.45, 7) is 11.0. The molecule has 0 saturated carbocycles. The first-order chi connectivity index (χ1) is 7.83. The van der Waals surface area contributed by atoms with Gasteiger partial charge < -0.3 is 13.8 Å². The topological polar surface area (TPSA) is 0 Å². The molecule has 94 valence electrons. The fourth-order valence-corrected chi connectivity index (χ4v) is 0.786. The van der Waals surface area contributed by atoms with Crippen molar-refractivity contribution in [2.45, 2.75) is 39.5 Å². The average Bonchev–Trinajstić information content (AvgIpc) is 3.00. The first-order valence-corrected chi connectivity index (χ1v) is 6.05. The van der Waals surface area contributed by atoms with Crippen LogP contribution in [0.3, 0.4) is 0 Å². The second kappa shape index (κ2) is 24.8. The minimum atomic E-state index is 0. The van der Waals surface area contributed by atoms with Crippen LogP contribution >= 0.6 is 0 Å². The molecule has 0 aromatic rings. The van der Waals surface area contributed by atoms with Gasteiger partial charge in [-0.3, -0.25) is 0 Å². The van der Waals surface area contributed by atoms with Crippen LogP contribution in [0.2, 0.25) is 0 Å². The first-order valence-electron chi connectivity index (χ1n) is 6.05. The van der Waals surface area contributed by atoms with Crippen molar-refractivity contribution in [3.05, 3.63) is 62.5 Å². The van der Waals surface area contributed by atoms with Crippen molar-refractivity contribution >= 4 is 0 Å². The van der Waals surface area contributed by atoms with E-state index in [9.17, 15) is 0 Å². The molecular weight excluding hydrogens is 240 g/mol. The van der Waals surface area contributed by atoms with Crippen LogP contribution in [0, 0.1) is 13.8 Å². The maximum Gasteiger partial charge on any atom is 2.00 e. The van der Waals surface area contributed by atoms with Crippen molar-refractivity contribution in [1.82, 2.24) is 0 Å². The van der Waals surface area contributed by atoms with E-state index in [1.54, 1.807) is 0 Å². The molecular formula is C16H26Ti. The Morgan fingerprint density at radius 1 is 0.706 bits per heavy atom. The van der Waals surface area contributed by atoms with Gasteiger partial charge in [0, 0.05) is 0 Å². The van der Waals surface area contributed by atoms with Crippen LogP contribution in [0.15, 0.2) is 48.6 Å². The smallest absolute Gasteiger partial charge is 0.344 e. The minimum Gasteiger partial charge on any atom is -0.344 e. The molecule has 0 bridgehead atoms. The van der Waals surface area contributed by atoms with Gasteiger partial charge in [-0.05, 0) is 12.8 Å². The SMILES string of the molecule is C1=CCC=C1.C1=CCC=C1.[CH2-]CC.[CH2-]CC.[Ti+2]. The summed E-state index contributed by atoms with van der Waals surface area (Å²) in [6, 6.07) is 0. The van der Waals surface area contributed by atoms with Gasteiger partial charge in [0.05, 0.1) is 0 Å². The Bertz CT molecular complexity index is 166. The van der Waals surface area contributed by atoms with Gasteiger partial charge in [0.2, 0.25) is 0 Å². The number of allylic oxidation sites excluding steroid dienone is 8. The summed E-state index contributed by atoms with van der Waals surface area (Å²) < 4.78 is 0. The zero-order valence-corrected chi connectivity index (χ0v) is 12.9. The third-order valence-corrected chi connectivity index (χ3v) is 1.31. The largest absolute Gasteiger partial charge is 2.00 e. The molecule has 0 N–H and O–H groups in total. The Hall–Kier alpha value is -0.326. The molecule has 17 heavy (non-hydrogen) atoms. The molecule has 2 aliphatic carbocycles. The normalized spacial score (nSPS) is 12.5. The van der Waals surface area contributed by atoms with Gasteiger partial charge in [-0.25, -0.2) is 0 Å². The molecule has 0 aromatic carbocycles. The second-order valence-corrected chi connectivity index (χ2v) is 3.18. The molecule has 0 aromatic heterocycles. The molecule has 0 nitrogen and oxygen atoms in total. The Morgan fingerprint density at radius 3 is 0.941 bits per heavy atom. The van der Waals surface area contributed by atoms with E-state index in [4.69, 9.17) is 0 Å². The summed E-state index contributed by atoms with van der Waals surface area (Å²) in [7, 11) is 0. The van der Waals surface area contributed by atoms with Crippen LogP contribution in [0.4, 0.5) is 0 Å². The quantitative estimate of drug-likeness (QED) is 0.403. The zero-order chi connectivity index (χ0) is 12.5. The molecule has 0 saturated heterocycles. The molecule has 0 spiro atoms. The summed E-state index contributed by atoms with van der Waals surface area (Å²) >= 11 is 0. The molecule has 0 fully saturated rings. The van der Waals surface area contributed by atoms with Crippen molar-refractivity contribution in [1.29, 1.82) is 0 Å². The van der Waals surface area contributed by atoms with Crippen LogP contribution < -0.4 is 0 Å². The molecule has 2 aliphatic rings. The molecule has 1 heteroatoms. The summed E-state index contributed by atoms with van der Waals surface area (Å²) in [4.78, 5) is 0. The monoisotopic (exact) mass is 266 g/mol. The number of rotatable bonds is 0. The number of hydrogen-bond donors (Lipinski definition) is 0. The molecule has 0 atom stereocenters. The van der Waals surface area contributed by atoms with E-state index in [2.05, 4.69) is 62.5 Å². The number of hydrogen-bond acceptors (Lipinski definition) is 0. The first kappa shape index (κ1) is 21.9. The fourth-order valence-electron chi connectivity index (χ4n) is 0.786. The zero-order valence-electron chi connectivity index (χ0n) is 11.4. The van der Waals surface area contributed by atoms with E-state index in [-0.39, 0.29) is 21.7 Å². The maximum atomic E-state index is 3.49. The van der Waals surface area contributed by atoms with E-state index in [1.807, 2.05) is 13.8 Å². The fraction of sp³-hybridized carbons (Fsp3) is 0.375. The van der Waals surface area contributed by atoms with E-state index in [0.29, 0.717) is 0 Å². The van der Waals surface area contributed by atoms with Gasteiger partial charge in [-0.2, -0.15) is 12.8 Å². The molecule has 0 unspecified atom stereocenters. The average molecular weight is 266 g/mol. The van der Waals surface area contributed by atoms with Crippen LogP contribution in [0.1, 0.15) is 39.5 Å². The van der Waals surface area contributed by atoms with E-state index >= 15 is 0 Å². The van der Waals surface area contributed by atoms with Gasteiger partial charge in [-0.15, -0.1) is 0 Å². The minimum absolute atomic E-state index is 0. The third-order valence-electron chi connectivity index (χ3n) is 1.31. The Balaban J connectivity index is -0.000000157. The predicted octanol–water partition coefficient (Wildman–Crippen LogP) is 5.46. The summed E-state index contributed by atoms with van der Waals surface area (Å²) in [5.74, 6) is 0. The molecule has 2 rings (SSSR count). The second-order valence-electron chi connectivity index (χ2n) is 3.18. The predicted molar refractivity (Wildman–Crippen MR) is 77.1 cm³/mol. The molecule has 0 radical (unpaired) electrons. The molecule has 0 heterocycles. The van der Waals surface area contributed by atoms with Gasteiger partial charge in [-0.1, -0.05) is 62.5 Å². The standard InChI is InChI=1S/2C5H6.2C3H7.Ti/c2*1-2-4-5-3-1;2*1-3-2;/h2*1-4H,5H2;2*1,3H2,2H3;/q;;2*-1;+2. The van der Waals surface area contributed by atoms with Gasteiger partial charge in [0.25, 0.3) is 0 Å². The van der Waals surface area contributed by atoms with E-state index in [0.717, 1.165) is 25.7 Å². The Kier molecular flexibility index (Phi) is 31.9. The van der Waals surface area contributed by atoms with Crippen molar-refractivity contribution in [3.8, 4) is 0 Å². The van der Waals surface area contributed by atoms with Gasteiger partial charge >= 0.3 is 21.7 Å². The third kappa shape index (κ3) is 31.3. The van der Waals surface area contributed by atoms with Crippen molar-refractivity contribution in [2.75, 3.05) is 0 Å². The van der Waals surface area contributed by atoms with Gasteiger partial charge in [0.15, 0.2) is 0 Å². The van der Waals surface area contributed by atoms with Crippen molar-refractivity contribution < 1.29 is 21.7 Å². The van der Waals surface area contributed by atoms with Crippen LogP contribution in [0.5, 0.6) is 0 Å². The van der Waals surface area contributed by atoms with E-state index < -0.39 is 0 Å². The van der Waals surface area contributed by atoms with Crippen molar-refractivity contribution in [3.63, 3.8) is 0 Å². The Morgan fingerprint density at radius 2 is 0.882 bits per heavy atom. The molecule has 0 aliphatic heterocycles. The van der Waals surface area contributed by atoms with Crippen LogP contribution in [-0.2, 0) is 21.7 Å². The van der Waals surface area contributed by atoms with Crippen LogP contribution in [0.25, 0.3) is 0 Å². The Labute approximate surface area is 123 Å². The van der Waals surface area contributed by atoms with Gasteiger partial charge in [0.1, 0.15) is 0 Å². The molecule has 0 amide bonds. The van der Waals surface area contributed by atoms with E-state index in [1.165, 1.54) is 0 Å². The summed E-state index contributed by atoms with van der Waals surface area (Å²) in [5, 5.41) is 0. The summed E-state index contributed by atoms with van der Waals surface area (Å²) in [6.07, 6.45) is 21.0. The maximum absolute atomic E-state index is 3.49. The van der Waals surface area contributed by atoms with Crippen LogP contribution in [-0.4, -0.2) is 0 Å².